The molecule has 31 heavy (non-hydrogen) atoms. The molecule has 1 aliphatic rings. The minimum atomic E-state index is -0.814. The molecule has 1 aliphatic heterocycles. The fourth-order valence-electron chi connectivity index (χ4n) is 4.45. The third-order valence-electron chi connectivity index (χ3n) is 6.23. The number of fused-ring (bicyclic) bond motifs is 1. The Balaban J connectivity index is 1.96. The van der Waals surface area contributed by atoms with Crippen LogP contribution in [0.1, 0.15) is 80.7 Å². The summed E-state index contributed by atoms with van der Waals surface area (Å²) in [6, 6.07) is 5.87. The number of nitrogens with one attached hydrogen (secondary N) is 1. The first-order valence-electron chi connectivity index (χ1n) is 10.8. The zero-order chi connectivity index (χ0) is 23.4. The second-order valence-corrected chi connectivity index (χ2v) is 11.5. The third-order valence-corrected chi connectivity index (χ3v) is 6.23. The van der Waals surface area contributed by atoms with E-state index in [1.54, 1.807) is 0 Å². The number of ether oxygens (including phenoxy) is 1. The highest BCUT2D eigenvalue weighted by atomic mass is 16.7. The molecule has 0 radical (unpaired) electrons. The van der Waals surface area contributed by atoms with Crippen LogP contribution in [0.4, 0.5) is 4.79 Å². The first-order chi connectivity index (χ1) is 14.0. The summed E-state index contributed by atoms with van der Waals surface area (Å²) in [5.74, 6) is 0.578. The van der Waals surface area contributed by atoms with E-state index in [4.69, 9.17) is 24.8 Å². The van der Waals surface area contributed by atoms with Gasteiger partial charge in [0.15, 0.2) is 6.10 Å². The summed E-state index contributed by atoms with van der Waals surface area (Å²) in [5, 5.41) is 0. The molecule has 1 aromatic carbocycles. The van der Waals surface area contributed by atoms with Gasteiger partial charge in [-0.3, -0.25) is 0 Å². The Morgan fingerprint density at radius 2 is 1.74 bits per heavy atom. The maximum absolute atomic E-state index is 11.7. The maximum Gasteiger partial charge on any atom is 0.494 e. The Kier molecular flexibility index (Phi) is 5.73. The number of imidazole rings is 1. The molecular formula is C23H36BN3O4. The Hall–Kier alpha value is -2.06. The van der Waals surface area contributed by atoms with Crippen LogP contribution in [0.2, 0.25) is 0 Å². The summed E-state index contributed by atoms with van der Waals surface area (Å²) in [6.45, 7) is 18.7. The van der Waals surface area contributed by atoms with Gasteiger partial charge in [-0.2, -0.15) is 0 Å². The highest BCUT2D eigenvalue weighted by Gasteiger charge is 2.51. The van der Waals surface area contributed by atoms with Crippen molar-refractivity contribution in [3.63, 3.8) is 0 Å². The van der Waals surface area contributed by atoms with Crippen LogP contribution in [0.5, 0.6) is 0 Å². The number of carbonyl (C=O) groups excluding carboxylic acids is 1. The van der Waals surface area contributed by atoms with E-state index in [1.807, 2.05) is 45.9 Å². The van der Waals surface area contributed by atoms with E-state index in [0.29, 0.717) is 5.82 Å². The lowest BCUT2D eigenvalue weighted by molar-refractivity contribution is -0.000399. The van der Waals surface area contributed by atoms with Crippen LogP contribution in [0, 0.1) is 10.8 Å². The van der Waals surface area contributed by atoms with Gasteiger partial charge < -0.3 is 24.8 Å². The SMILES string of the molecule is CC(C)(C)CC(C)(C)C(OC(N)=O)c1nc2cc(B3OC(C)(C)C(C)(C)O3)ccc2[nH]1. The van der Waals surface area contributed by atoms with Crippen LogP contribution in [-0.2, 0) is 14.0 Å². The van der Waals surface area contributed by atoms with Crippen molar-refractivity contribution in [2.24, 2.45) is 16.6 Å². The average molecular weight is 429 g/mol. The number of rotatable bonds is 5. The molecule has 2 aromatic rings. The Labute approximate surface area is 185 Å². The first-order valence-corrected chi connectivity index (χ1v) is 10.8. The molecule has 8 heteroatoms. The van der Waals surface area contributed by atoms with E-state index < -0.39 is 30.5 Å². The van der Waals surface area contributed by atoms with Gasteiger partial charge in [-0.1, -0.05) is 40.7 Å². The Morgan fingerprint density at radius 1 is 1.16 bits per heavy atom. The molecule has 1 atom stereocenters. The van der Waals surface area contributed by atoms with Gasteiger partial charge in [0.25, 0.3) is 0 Å². The van der Waals surface area contributed by atoms with Gasteiger partial charge in [0, 0.05) is 5.41 Å². The number of primary amides is 1. The fraction of sp³-hybridized carbons (Fsp3) is 0.652. The average Bonchev–Trinajstić information content (AvgIpc) is 3.07. The lowest BCUT2D eigenvalue weighted by Gasteiger charge is -2.37. The van der Waals surface area contributed by atoms with Crippen molar-refractivity contribution < 1.29 is 18.8 Å². The van der Waals surface area contributed by atoms with Gasteiger partial charge in [-0.05, 0) is 57.1 Å². The number of nitrogens with zero attached hydrogens (tertiary/aromatic N) is 1. The molecule has 1 fully saturated rings. The second kappa shape index (κ2) is 7.52. The maximum atomic E-state index is 11.7. The van der Waals surface area contributed by atoms with E-state index in [0.717, 1.165) is 22.9 Å². The second-order valence-electron chi connectivity index (χ2n) is 11.5. The number of benzene rings is 1. The van der Waals surface area contributed by atoms with Crippen molar-refractivity contribution >= 4 is 29.7 Å². The van der Waals surface area contributed by atoms with Crippen molar-refractivity contribution in [1.29, 1.82) is 0 Å². The van der Waals surface area contributed by atoms with Crippen LogP contribution in [0.3, 0.4) is 0 Å². The van der Waals surface area contributed by atoms with Crippen molar-refractivity contribution in [3.05, 3.63) is 24.0 Å². The molecule has 2 heterocycles. The summed E-state index contributed by atoms with van der Waals surface area (Å²) < 4.78 is 17.9. The molecule has 170 valence electrons. The Morgan fingerprint density at radius 3 is 2.26 bits per heavy atom. The molecular weight excluding hydrogens is 393 g/mol. The number of carbonyl (C=O) groups is 1. The van der Waals surface area contributed by atoms with Crippen molar-refractivity contribution in [1.82, 2.24) is 9.97 Å². The van der Waals surface area contributed by atoms with Gasteiger partial charge >= 0.3 is 13.2 Å². The van der Waals surface area contributed by atoms with E-state index >= 15 is 0 Å². The molecule has 0 aliphatic carbocycles. The first kappa shape index (κ1) is 23.6. The van der Waals surface area contributed by atoms with Gasteiger partial charge in [-0.15, -0.1) is 0 Å². The summed E-state index contributed by atoms with van der Waals surface area (Å²) in [7, 11) is -0.468. The van der Waals surface area contributed by atoms with E-state index in [9.17, 15) is 4.79 Å². The highest BCUT2D eigenvalue weighted by Crippen LogP contribution is 2.44. The number of aromatic amines is 1. The standard InChI is InChI=1S/C23H36BN3O4/c1-20(2,3)13-21(4,5)17(29-19(25)28)18-26-15-11-10-14(12-16(15)27-18)24-30-22(6,7)23(8,9)31-24/h10-12,17H,13H2,1-9H3,(H2,25,28)(H,26,27). The summed E-state index contributed by atoms with van der Waals surface area (Å²) in [6.07, 6.45) is -0.601. The predicted molar refractivity (Wildman–Crippen MR) is 123 cm³/mol. The lowest BCUT2D eigenvalue weighted by atomic mass is 9.72. The minimum absolute atomic E-state index is 0.0404. The number of nitrogens with two attached hydrogens (primary N) is 1. The molecule has 3 N–H and O–H groups in total. The number of aromatic nitrogens is 2. The quantitative estimate of drug-likeness (QED) is 0.684. The summed E-state index contributed by atoms with van der Waals surface area (Å²) in [5.41, 5.74) is 6.73. The number of H-pyrrole nitrogens is 1. The monoisotopic (exact) mass is 429 g/mol. The largest absolute Gasteiger partial charge is 0.494 e. The number of amides is 1. The van der Waals surface area contributed by atoms with Crippen molar-refractivity contribution in [3.8, 4) is 0 Å². The van der Waals surface area contributed by atoms with Gasteiger partial charge in [0.05, 0.1) is 22.2 Å². The molecule has 7 nitrogen and oxygen atoms in total. The Bertz CT molecular complexity index is 959. The minimum Gasteiger partial charge on any atom is -0.438 e. The fourth-order valence-corrected chi connectivity index (χ4v) is 4.45. The summed E-state index contributed by atoms with van der Waals surface area (Å²) >= 11 is 0. The normalized spacial score (nSPS) is 19.6. The highest BCUT2D eigenvalue weighted by molar-refractivity contribution is 6.62. The molecule has 0 spiro atoms. The van der Waals surface area contributed by atoms with Gasteiger partial charge in [-0.25, -0.2) is 9.78 Å². The van der Waals surface area contributed by atoms with Crippen LogP contribution in [0.25, 0.3) is 11.0 Å². The zero-order valence-corrected chi connectivity index (χ0v) is 20.3. The molecule has 0 saturated carbocycles. The van der Waals surface area contributed by atoms with E-state index in [2.05, 4.69) is 39.6 Å². The number of hydrogen-bond donors (Lipinski definition) is 2. The lowest BCUT2D eigenvalue weighted by Crippen LogP contribution is -2.41. The van der Waals surface area contributed by atoms with Gasteiger partial charge in [0.1, 0.15) is 5.82 Å². The third kappa shape index (κ3) is 4.90. The summed E-state index contributed by atoms with van der Waals surface area (Å²) in [4.78, 5) is 19.8. The van der Waals surface area contributed by atoms with Crippen LogP contribution >= 0.6 is 0 Å². The predicted octanol–water partition coefficient (Wildman–Crippen LogP) is 4.46. The smallest absolute Gasteiger partial charge is 0.438 e. The molecule has 0 bridgehead atoms. The molecule has 1 saturated heterocycles. The van der Waals surface area contributed by atoms with Crippen LogP contribution in [0.15, 0.2) is 18.2 Å². The molecule has 1 amide bonds. The van der Waals surface area contributed by atoms with E-state index in [1.165, 1.54) is 0 Å². The molecule has 3 rings (SSSR count). The van der Waals surface area contributed by atoms with Crippen molar-refractivity contribution in [2.75, 3.05) is 0 Å². The van der Waals surface area contributed by atoms with Crippen LogP contribution in [-0.4, -0.2) is 34.4 Å². The zero-order valence-electron chi connectivity index (χ0n) is 20.3. The van der Waals surface area contributed by atoms with Gasteiger partial charge in [0.2, 0.25) is 0 Å². The number of hydrogen-bond acceptors (Lipinski definition) is 5. The van der Waals surface area contributed by atoms with E-state index in [-0.39, 0.29) is 10.8 Å². The molecule has 1 aromatic heterocycles. The van der Waals surface area contributed by atoms with Crippen LogP contribution < -0.4 is 11.2 Å². The molecule has 1 unspecified atom stereocenters. The topological polar surface area (TPSA) is 99.5 Å². The van der Waals surface area contributed by atoms with Crippen molar-refractivity contribution in [2.45, 2.75) is 86.0 Å².